The number of fused-ring (bicyclic) bond motifs is 3. The van der Waals surface area contributed by atoms with E-state index in [1.54, 1.807) is 52.3 Å². The number of ether oxygens (including phenoxy) is 1. The Balaban J connectivity index is 0.000000230. The summed E-state index contributed by atoms with van der Waals surface area (Å²) in [7, 11) is 1.00. The van der Waals surface area contributed by atoms with Gasteiger partial charge in [-0.1, -0.05) is 56.1 Å². The minimum Gasteiger partial charge on any atom is -0.495 e. The van der Waals surface area contributed by atoms with Gasteiger partial charge in [-0.2, -0.15) is 0 Å². The number of aldehydes is 1. The summed E-state index contributed by atoms with van der Waals surface area (Å²) >= 11 is 12.1. The number of hydrogen-bond acceptors (Lipinski definition) is 9. The van der Waals surface area contributed by atoms with Crippen LogP contribution in [0.1, 0.15) is 52.3 Å². The van der Waals surface area contributed by atoms with Gasteiger partial charge in [0.1, 0.15) is 17.4 Å². The van der Waals surface area contributed by atoms with Crippen LogP contribution in [0.2, 0.25) is 10.0 Å². The average Bonchev–Trinajstić information content (AvgIpc) is 3.69. The predicted octanol–water partition coefficient (Wildman–Crippen LogP) is 8.37. The van der Waals surface area contributed by atoms with Crippen molar-refractivity contribution >= 4 is 63.1 Å². The third-order valence-corrected chi connectivity index (χ3v) is 8.06. The molecule has 9 nitrogen and oxygen atoms in total. The van der Waals surface area contributed by atoms with Crippen LogP contribution in [0.4, 0.5) is 20.3 Å². The highest BCUT2D eigenvalue weighted by Crippen LogP contribution is 2.37. The van der Waals surface area contributed by atoms with Crippen LogP contribution < -0.4 is 9.80 Å². The molecule has 0 aliphatic carbocycles. The first kappa shape index (κ1) is 37.0. The Kier molecular flexibility index (Phi) is 14.0. The van der Waals surface area contributed by atoms with Crippen LogP contribution in [0.5, 0.6) is 0 Å². The van der Waals surface area contributed by atoms with Gasteiger partial charge in [0.15, 0.2) is 23.1 Å². The zero-order chi connectivity index (χ0) is 34.0. The third-order valence-electron chi connectivity index (χ3n) is 7.52. The van der Waals surface area contributed by atoms with Crippen molar-refractivity contribution in [2.24, 2.45) is 5.92 Å². The minimum atomic E-state index is -2.79. The lowest BCUT2D eigenvalue weighted by Crippen LogP contribution is -2.44. The second-order valence-electron chi connectivity index (χ2n) is 10.3. The second-order valence-corrected chi connectivity index (χ2v) is 11.2. The van der Waals surface area contributed by atoms with E-state index in [1.807, 2.05) is 13.8 Å². The van der Waals surface area contributed by atoms with Gasteiger partial charge < -0.3 is 34.0 Å². The number of aromatic nitrogens is 2. The molecule has 2 N–H and O–H groups in total. The second kappa shape index (κ2) is 17.4. The maximum absolute atomic E-state index is 13.2. The topological polar surface area (TPSA) is 112 Å². The molecule has 6 rings (SSSR count). The Morgan fingerprint density at radius 3 is 2.50 bits per heavy atom. The molecule has 2 saturated heterocycles. The third kappa shape index (κ3) is 8.25. The number of alkyl halides is 2. The standard InChI is InChI=1S/C16H13F2N3O2.C14H17Cl2NO2.C2H6.CH4O/c17-14(18)15-19-12-10-5-1-2-6-11(10)23-13(12)16(20-15)21-7-3-4-9(21)8-22;1-9-8-19-6-5-13(9)17(10(2)18)14-4-3-11(15)7-12(14)16;2*1-2/h1-2,5-6,8-9,14H,3-4,7H2;3-4,7,9,13,18H,2,5-6,8H2,1H3;1-2H3;2H,1H3/t9-;9-,13?;;/m00../s1. The quantitative estimate of drug-likeness (QED) is 0.153. The van der Waals surface area contributed by atoms with E-state index in [-0.39, 0.29) is 29.7 Å². The van der Waals surface area contributed by atoms with E-state index in [0.717, 1.165) is 31.9 Å². The molecule has 0 spiro atoms. The van der Waals surface area contributed by atoms with Crippen LogP contribution in [-0.4, -0.2) is 65.4 Å². The zero-order valence-corrected chi connectivity index (χ0v) is 27.8. The molecular formula is C33H40Cl2F2N4O5. The minimum absolute atomic E-state index is 0.0111. The maximum atomic E-state index is 13.2. The highest BCUT2D eigenvalue weighted by atomic mass is 35.5. The summed E-state index contributed by atoms with van der Waals surface area (Å²) in [5.74, 6) is -0.000862. The number of aliphatic hydroxyl groups is 2. The summed E-state index contributed by atoms with van der Waals surface area (Å²) in [4.78, 5) is 22.7. The lowest BCUT2D eigenvalue weighted by atomic mass is 9.95. The Morgan fingerprint density at radius 2 is 1.87 bits per heavy atom. The molecule has 2 aliphatic heterocycles. The number of carbonyl (C=O) groups excluding carboxylic acids is 1. The molecule has 2 fully saturated rings. The summed E-state index contributed by atoms with van der Waals surface area (Å²) in [6.45, 7) is 11.7. The number of anilines is 2. The van der Waals surface area contributed by atoms with Gasteiger partial charge in [-0.15, -0.1) is 0 Å². The lowest BCUT2D eigenvalue weighted by Gasteiger charge is -2.39. The van der Waals surface area contributed by atoms with Gasteiger partial charge in [0, 0.05) is 42.6 Å². The van der Waals surface area contributed by atoms with Crippen LogP contribution >= 0.6 is 23.2 Å². The number of furan rings is 1. The molecule has 4 aromatic rings. The van der Waals surface area contributed by atoms with E-state index in [0.29, 0.717) is 58.3 Å². The molecule has 2 aromatic carbocycles. The van der Waals surface area contributed by atoms with Gasteiger partial charge >= 0.3 is 0 Å². The van der Waals surface area contributed by atoms with Crippen molar-refractivity contribution in [3.63, 3.8) is 0 Å². The predicted molar refractivity (Wildman–Crippen MR) is 179 cm³/mol. The van der Waals surface area contributed by atoms with Crippen LogP contribution in [-0.2, 0) is 9.53 Å². The summed E-state index contributed by atoms with van der Waals surface area (Å²) in [5, 5.41) is 18.7. The van der Waals surface area contributed by atoms with Crippen molar-refractivity contribution < 1.29 is 32.9 Å². The van der Waals surface area contributed by atoms with Crippen LogP contribution in [0.3, 0.4) is 0 Å². The molecule has 2 aromatic heterocycles. The van der Waals surface area contributed by atoms with Crippen molar-refractivity contribution in [1.29, 1.82) is 0 Å². The number of halogens is 4. The average molecular weight is 682 g/mol. The van der Waals surface area contributed by atoms with Crippen molar-refractivity contribution in [2.75, 3.05) is 36.7 Å². The Labute approximate surface area is 277 Å². The fourth-order valence-electron chi connectivity index (χ4n) is 5.52. The summed E-state index contributed by atoms with van der Waals surface area (Å²) < 4.78 is 37.6. The van der Waals surface area contributed by atoms with Crippen molar-refractivity contribution in [3.05, 3.63) is 70.8 Å². The largest absolute Gasteiger partial charge is 0.495 e. The van der Waals surface area contributed by atoms with Gasteiger partial charge in [0.2, 0.25) is 0 Å². The smallest absolute Gasteiger partial charge is 0.297 e. The van der Waals surface area contributed by atoms with Crippen LogP contribution in [0, 0.1) is 5.92 Å². The number of carbonyl (C=O) groups is 1. The molecule has 3 atom stereocenters. The lowest BCUT2D eigenvalue weighted by molar-refractivity contribution is -0.108. The molecule has 250 valence electrons. The Hall–Kier alpha value is -3.51. The molecule has 1 unspecified atom stereocenters. The number of hydrogen-bond donors (Lipinski definition) is 2. The fourth-order valence-corrected chi connectivity index (χ4v) is 6.02. The summed E-state index contributed by atoms with van der Waals surface area (Å²) in [6, 6.07) is 12.1. The fraction of sp³-hybridized carbons (Fsp3) is 0.424. The van der Waals surface area contributed by atoms with E-state index in [4.69, 9.17) is 37.5 Å². The molecular weight excluding hydrogens is 641 g/mol. The van der Waals surface area contributed by atoms with Crippen LogP contribution in [0.25, 0.3) is 22.1 Å². The van der Waals surface area contributed by atoms with E-state index in [1.165, 1.54) is 0 Å². The van der Waals surface area contributed by atoms with Crippen molar-refractivity contribution in [2.45, 2.75) is 58.5 Å². The highest BCUT2D eigenvalue weighted by Gasteiger charge is 2.32. The number of benzene rings is 2. The number of nitrogens with zero attached hydrogens (tertiary/aromatic N) is 4. The van der Waals surface area contributed by atoms with Gasteiger partial charge in [0.05, 0.1) is 23.4 Å². The number of aliphatic hydroxyl groups excluding tert-OH is 2. The molecule has 13 heteroatoms. The van der Waals surface area contributed by atoms with Gasteiger partial charge in [-0.3, -0.25) is 0 Å². The molecule has 4 heterocycles. The number of para-hydroxylation sites is 1. The van der Waals surface area contributed by atoms with E-state index >= 15 is 0 Å². The zero-order valence-electron chi connectivity index (χ0n) is 26.3. The maximum Gasteiger partial charge on any atom is 0.297 e. The molecule has 46 heavy (non-hydrogen) atoms. The van der Waals surface area contributed by atoms with Crippen molar-refractivity contribution in [3.8, 4) is 0 Å². The van der Waals surface area contributed by atoms with Crippen LogP contribution in [0.15, 0.2) is 59.3 Å². The van der Waals surface area contributed by atoms with Crippen molar-refractivity contribution in [1.82, 2.24) is 9.97 Å². The Morgan fingerprint density at radius 1 is 1.15 bits per heavy atom. The summed E-state index contributed by atoms with van der Waals surface area (Å²) in [5.41, 5.74) is 1.99. The van der Waals surface area contributed by atoms with E-state index in [2.05, 4.69) is 23.5 Å². The first-order valence-corrected chi connectivity index (χ1v) is 15.8. The first-order valence-electron chi connectivity index (χ1n) is 15.0. The van der Waals surface area contributed by atoms with Gasteiger partial charge in [-0.05, 0) is 56.2 Å². The normalized spacial score (nSPS) is 19.0. The molecule has 0 amide bonds. The van der Waals surface area contributed by atoms with E-state index in [9.17, 15) is 18.7 Å². The van der Waals surface area contributed by atoms with E-state index < -0.39 is 12.2 Å². The molecule has 0 radical (unpaired) electrons. The summed E-state index contributed by atoms with van der Waals surface area (Å²) in [6.07, 6.45) is 0.341. The van der Waals surface area contributed by atoms with Gasteiger partial charge in [-0.25, -0.2) is 18.7 Å². The number of rotatable bonds is 6. The Bertz CT molecular complexity index is 1610. The van der Waals surface area contributed by atoms with Gasteiger partial charge in [0.25, 0.3) is 6.43 Å². The SMILES string of the molecule is C=C(O)N(c1ccc(Cl)cc1Cl)C1CCOC[C@@H]1C.CC.CO.O=C[C@@H]1CCCN1c1nc(C(F)F)nc2c1oc1ccccc12. The molecule has 0 saturated carbocycles. The molecule has 2 aliphatic rings. The first-order chi connectivity index (χ1) is 22.2. The highest BCUT2D eigenvalue weighted by molar-refractivity contribution is 6.36. The molecule has 0 bridgehead atoms. The monoisotopic (exact) mass is 680 g/mol.